The molecule has 0 spiro atoms. The van der Waals surface area contributed by atoms with E-state index in [0.717, 1.165) is 5.89 Å². The van der Waals surface area contributed by atoms with Crippen molar-refractivity contribution < 1.29 is 4.42 Å². The molecule has 0 saturated heterocycles. The van der Waals surface area contributed by atoms with E-state index in [1.165, 1.54) is 0 Å². The minimum atomic E-state index is 0.00597. The highest BCUT2D eigenvalue weighted by molar-refractivity contribution is 9.10. The van der Waals surface area contributed by atoms with Gasteiger partial charge < -0.3 is 4.42 Å². The average Bonchev–Trinajstić information content (AvgIpc) is 2.11. The number of rotatable bonds is 0. The van der Waals surface area contributed by atoms with Crippen LogP contribution >= 0.6 is 15.9 Å². The Hall–Kier alpha value is -0.310. The van der Waals surface area contributed by atoms with E-state index in [1.807, 2.05) is 0 Å². The number of aromatic nitrogens is 1. The summed E-state index contributed by atoms with van der Waals surface area (Å²) in [6, 6.07) is 0. The number of hydrogen-bond donors (Lipinski definition) is 0. The van der Waals surface area contributed by atoms with Crippen molar-refractivity contribution in [3.63, 3.8) is 0 Å². The first-order valence-corrected chi connectivity index (χ1v) is 3.91. The molecule has 1 heterocycles. The van der Waals surface area contributed by atoms with Crippen LogP contribution in [0.1, 0.15) is 26.7 Å². The van der Waals surface area contributed by atoms with Crippen molar-refractivity contribution in [1.82, 2.24) is 4.98 Å². The van der Waals surface area contributed by atoms with Gasteiger partial charge in [0.25, 0.3) is 0 Å². The highest BCUT2D eigenvalue weighted by Crippen LogP contribution is 2.23. The van der Waals surface area contributed by atoms with Crippen LogP contribution in [0, 0.1) is 0 Å². The van der Waals surface area contributed by atoms with Crippen molar-refractivity contribution in [3.05, 3.63) is 16.8 Å². The molecule has 56 valence electrons. The second-order valence-electron chi connectivity index (χ2n) is 3.22. The van der Waals surface area contributed by atoms with Gasteiger partial charge in [-0.2, -0.15) is 0 Å². The predicted octanol–water partition coefficient (Wildman–Crippen LogP) is 2.73. The third-order valence-electron chi connectivity index (χ3n) is 1.12. The van der Waals surface area contributed by atoms with E-state index >= 15 is 0 Å². The normalized spacial score (nSPS) is 12.0. The highest BCUT2D eigenvalue weighted by atomic mass is 79.9. The minimum Gasteiger partial charge on any atom is -0.433 e. The quantitative estimate of drug-likeness (QED) is 0.649. The van der Waals surface area contributed by atoms with E-state index in [9.17, 15) is 0 Å². The summed E-state index contributed by atoms with van der Waals surface area (Å²) in [7, 11) is 0. The molecule has 3 heteroatoms. The first-order chi connectivity index (χ1) is 4.50. The fourth-order valence-corrected chi connectivity index (χ4v) is 0.857. The summed E-state index contributed by atoms with van der Waals surface area (Å²) in [6.07, 6.45) is 1.67. The van der Waals surface area contributed by atoms with E-state index in [2.05, 4.69) is 41.7 Å². The molecule has 2 nitrogen and oxygen atoms in total. The molecule has 1 aromatic rings. The van der Waals surface area contributed by atoms with Crippen LogP contribution in [0.25, 0.3) is 0 Å². The Balaban J connectivity index is 2.96. The molecule has 0 aliphatic heterocycles. The van der Waals surface area contributed by atoms with E-state index in [-0.39, 0.29) is 5.41 Å². The summed E-state index contributed by atoms with van der Waals surface area (Å²) in [4.78, 5) is 4.07. The maximum Gasteiger partial charge on any atom is 0.201 e. The van der Waals surface area contributed by atoms with Gasteiger partial charge in [0, 0.05) is 5.41 Å². The Morgan fingerprint density at radius 2 is 2.10 bits per heavy atom. The summed E-state index contributed by atoms with van der Waals surface area (Å²) in [5, 5.41) is 0. The van der Waals surface area contributed by atoms with Gasteiger partial charge in [-0.3, -0.25) is 0 Å². The van der Waals surface area contributed by atoms with Crippen molar-refractivity contribution in [2.75, 3.05) is 0 Å². The van der Waals surface area contributed by atoms with Crippen LogP contribution in [0.2, 0.25) is 0 Å². The summed E-state index contributed by atoms with van der Waals surface area (Å²) in [6.45, 7) is 6.18. The first kappa shape index (κ1) is 7.79. The van der Waals surface area contributed by atoms with E-state index in [4.69, 9.17) is 4.42 Å². The first-order valence-electron chi connectivity index (χ1n) is 3.12. The zero-order chi connectivity index (χ0) is 7.78. The number of hydrogen-bond acceptors (Lipinski definition) is 2. The molecule has 0 aliphatic carbocycles. The second-order valence-corrected chi connectivity index (χ2v) is 4.00. The highest BCUT2D eigenvalue weighted by Gasteiger charge is 2.19. The summed E-state index contributed by atoms with van der Waals surface area (Å²) in [5.41, 5.74) is 0.00597. The SMILES string of the molecule is CC(C)(C)c1ncc(Br)o1. The maximum absolute atomic E-state index is 5.25. The van der Waals surface area contributed by atoms with Gasteiger partial charge >= 0.3 is 0 Å². The van der Waals surface area contributed by atoms with Gasteiger partial charge in [0.2, 0.25) is 5.89 Å². The van der Waals surface area contributed by atoms with Crippen LogP contribution in [0.3, 0.4) is 0 Å². The van der Waals surface area contributed by atoms with Gasteiger partial charge in [-0.05, 0) is 15.9 Å². The number of nitrogens with zero attached hydrogens (tertiary/aromatic N) is 1. The van der Waals surface area contributed by atoms with Crippen molar-refractivity contribution in [2.45, 2.75) is 26.2 Å². The summed E-state index contributed by atoms with van der Waals surface area (Å²) < 4.78 is 5.95. The predicted molar refractivity (Wildman–Crippen MR) is 42.9 cm³/mol. The van der Waals surface area contributed by atoms with E-state index in [1.54, 1.807) is 6.20 Å². The molecule has 1 aromatic heterocycles. The standard InChI is InChI=1S/C7H10BrNO/c1-7(2,3)6-9-4-5(8)10-6/h4H,1-3H3. The molecular weight excluding hydrogens is 194 g/mol. The lowest BCUT2D eigenvalue weighted by Crippen LogP contribution is -2.10. The summed E-state index contributed by atoms with van der Waals surface area (Å²) >= 11 is 3.20. The second kappa shape index (κ2) is 2.38. The van der Waals surface area contributed by atoms with E-state index < -0.39 is 0 Å². The van der Waals surface area contributed by atoms with Gasteiger partial charge in [-0.25, -0.2) is 4.98 Å². The zero-order valence-electron chi connectivity index (χ0n) is 6.31. The number of halogens is 1. The van der Waals surface area contributed by atoms with Crippen LogP contribution in [-0.2, 0) is 5.41 Å². The molecular formula is C7H10BrNO. The van der Waals surface area contributed by atoms with Crippen LogP contribution in [-0.4, -0.2) is 4.98 Å². The lowest BCUT2D eigenvalue weighted by atomic mass is 9.97. The van der Waals surface area contributed by atoms with Gasteiger partial charge in [-0.1, -0.05) is 20.8 Å². The summed E-state index contributed by atoms with van der Waals surface area (Å²) in [5.74, 6) is 0.763. The third-order valence-corrected chi connectivity index (χ3v) is 1.49. The number of oxazole rings is 1. The maximum atomic E-state index is 5.25. The minimum absolute atomic E-state index is 0.00597. The molecule has 0 fully saturated rings. The Labute approximate surface area is 68.8 Å². The Morgan fingerprint density at radius 3 is 2.30 bits per heavy atom. The Kier molecular flexibility index (Phi) is 1.86. The topological polar surface area (TPSA) is 26.0 Å². The van der Waals surface area contributed by atoms with Crippen LogP contribution in [0.5, 0.6) is 0 Å². The molecule has 0 amide bonds. The molecule has 10 heavy (non-hydrogen) atoms. The molecule has 0 bridgehead atoms. The Bertz CT molecular complexity index is 224. The molecule has 0 aromatic carbocycles. The molecule has 1 rings (SSSR count). The van der Waals surface area contributed by atoms with Crippen LogP contribution in [0.15, 0.2) is 15.3 Å². The molecule has 0 saturated carbocycles. The van der Waals surface area contributed by atoms with Crippen molar-refractivity contribution in [1.29, 1.82) is 0 Å². The Morgan fingerprint density at radius 1 is 1.50 bits per heavy atom. The van der Waals surface area contributed by atoms with Crippen molar-refractivity contribution in [3.8, 4) is 0 Å². The van der Waals surface area contributed by atoms with Gasteiger partial charge in [-0.15, -0.1) is 0 Å². The molecule has 0 unspecified atom stereocenters. The van der Waals surface area contributed by atoms with E-state index in [0.29, 0.717) is 4.67 Å². The van der Waals surface area contributed by atoms with Crippen molar-refractivity contribution in [2.24, 2.45) is 0 Å². The fourth-order valence-electron chi connectivity index (χ4n) is 0.601. The largest absolute Gasteiger partial charge is 0.433 e. The monoisotopic (exact) mass is 203 g/mol. The zero-order valence-corrected chi connectivity index (χ0v) is 7.90. The van der Waals surface area contributed by atoms with Crippen LogP contribution in [0.4, 0.5) is 0 Å². The lowest BCUT2D eigenvalue weighted by Gasteiger charge is -2.11. The molecule has 0 radical (unpaired) electrons. The molecule has 0 atom stereocenters. The fraction of sp³-hybridized carbons (Fsp3) is 0.571. The van der Waals surface area contributed by atoms with Crippen LogP contribution < -0.4 is 0 Å². The third kappa shape index (κ3) is 1.59. The van der Waals surface area contributed by atoms with Gasteiger partial charge in [0.1, 0.15) is 0 Å². The lowest BCUT2D eigenvalue weighted by molar-refractivity contribution is 0.382. The molecule has 0 N–H and O–H groups in total. The average molecular weight is 204 g/mol. The van der Waals surface area contributed by atoms with Gasteiger partial charge in [0.15, 0.2) is 4.67 Å². The smallest absolute Gasteiger partial charge is 0.201 e. The van der Waals surface area contributed by atoms with Crippen molar-refractivity contribution >= 4 is 15.9 Å². The molecule has 0 aliphatic rings. The van der Waals surface area contributed by atoms with Gasteiger partial charge in [0.05, 0.1) is 6.20 Å².